The molecule has 0 aliphatic carbocycles. The molecule has 0 aliphatic rings. The third-order valence-corrected chi connectivity index (χ3v) is 1.94. The van der Waals surface area contributed by atoms with Crippen molar-refractivity contribution in [2.24, 2.45) is 15.0 Å². The summed E-state index contributed by atoms with van der Waals surface area (Å²) in [6.07, 6.45) is 5.42. The second-order valence-electron chi connectivity index (χ2n) is 3.08. The van der Waals surface area contributed by atoms with E-state index in [0.29, 0.717) is 25.8 Å². The van der Waals surface area contributed by atoms with Crippen molar-refractivity contribution in [3.63, 3.8) is 0 Å². The summed E-state index contributed by atoms with van der Waals surface area (Å²) in [6.45, 7) is -0.0203. The number of carbonyl (C=O) groups is 1. The highest BCUT2D eigenvalue weighted by atomic mass is 16.1. The lowest BCUT2D eigenvalue weighted by atomic mass is 10.1. The summed E-state index contributed by atoms with van der Waals surface area (Å²) in [5.74, 6) is -0.435. The molecule has 90 valence electrons. The van der Waals surface area contributed by atoms with Crippen molar-refractivity contribution in [3.05, 3.63) is 0 Å². The third kappa shape index (κ3) is 7.71. The normalized spacial score (nSPS) is 10.4. The Labute approximate surface area is 97.4 Å². The van der Waals surface area contributed by atoms with Crippen molar-refractivity contribution < 1.29 is 19.2 Å². The number of carbonyl (C=O) groups excluding carboxylic acids is 4. The monoisotopic (exact) mass is 237 g/mol. The van der Waals surface area contributed by atoms with Crippen molar-refractivity contribution in [2.45, 2.75) is 25.3 Å². The first kappa shape index (κ1) is 14.8. The molecule has 0 radical (unpaired) electrons. The Bertz CT molecular complexity index is 388. The van der Waals surface area contributed by atoms with Gasteiger partial charge in [-0.1, -0.05) is 0 Å². The standard InChI is InChI=1S/C10H11N3O4/c14-6-11-4-2-1-3-9(13-8-16)10(17)5-12-7-15/h9H,1-5H2. The topological polar surface area (TPSA) is 105 Å². The van der Waals surface area contributed by atoms with Crippen LogP contribution < -0.4 is 0 Å². The molecule has 0 bridgehead atoms. The number of ketones is 1. The van der Waals surface area contributed by atoms with Gasteiger partial charge in [0.15, 0.2) is 5.78 Å². The minimum absolute atomic E-state index is 0.321. The predicted molar refractivity (Wildman–Crippen MR) is 56.7 cm³/mol. The maximum Gasteiger partial charge on any atom is 0.235 e. The largest absolute Gasteiger partial charge is 0.295 e. The molecular weight excluding hydrogens is 226 g/mol. The fraction of sp³-hybridized carbons (Fsp3) is 0.600. The van der Waals surface area contributed by atoms with E-state index >= 15 is 0 Å². The Morgan fingerprint density at radius 1 is 1.00 bits per heavy atom. The molecule has 0 aliphatic heterocycles. The Balaban J connectivity index is 4.14. The zero-order chi connectivity index (χ0) is 12.9. The molecule has 0 saturated heterocycles. The summed E-state index contributed by atoms with van der Waals surface area (Å²) in [5, 5.41) is 0. The minimum atomic E-state index is -0.843. The van der Waals surface area contributed by atoms with E-state index in [1.165, 1.54) is 18.2 Å². The number of Topliss-reactive ketones (excluding diaryl/α,β-unsaturated/α-hetero) is 1. The number of isocyanates is 3. The molecule has 1 atom stereocenters. The number of unbranched alkanes of at least 4 members (excludes halogenated alkanes) is 1. The molecule has 0 aromatic carbocycles. The SMILES string of the molecule is O=C=NCCCCC(N=C=O)C(=O)CN=C=O. The van der Waals surface area contributed by atoms with Crippen LogP contribution >= 0.6 is 0 Å². The lowest BCUT2D eigenvalue weighted by Crippen LogP contribution is -2.21. The van der Waals surface area contributed by atoms with Crippen molar-refractivity contribution in [1.29, 1.82) is 0 Å². The smallest absolute Gasteiger partial charge is 0.235 e. The van der Waals surface area contributed by atoms with Gasteiger partial charge in [-0.05, 0) is 19.3 Å². The summed E-state index contributed by atoms with van der Waals surface area (Å²) in [5.41, 5.74) is 0. The second kappa shape index (κ2) is 10.3. The first-order valence-electron chi connectivity index (χ1n) is 4.93. The van der Waals surface area contributed by atoms with Crippen LogP contribution in [0.2, 0.25) is 0 Å². The Kier molecular flexibility index (Phi) is 9.00. The van der Waals surface area contributed by atoms with Gasteiger partial charge in [-0.15, -0.1) is 0 Å². The van der Waals surface area contributed by atoms with Crippen LogP contribution in [0.5, 0.6) is 0 Å². The number of hydrogen-bond donors (Lipinski definition) is 0. The van der Waals surface area contributed by atoms with E-state index in [0.717, 1.165) is 0 Å². The van der Waals surface area contributed by atoms with E-state index in [-0.39, 0.29) is 6.54 Å². The second-order valence-corrected chi connectivity index (χ2v) is 3.08. The first-order chi connectivity index (χ1) is 8.26. The van der Waals surface area contributed by atoms with Crippen LogP contribution in [0, 0.1) is 0 Å². The Morgan fingerprint density at radius 3 is 2.29 bits per heavy atom. The van der Waals surface area contributed by atoms with Crippen LogP contribution in [0.1, 0.15) is 19.3 Å². The van der Waals surface area contributed by atoms with Crippen LogP contribution in [-0.2, 0) is 19.2 Å². The van der Waals surface area contributed by atoms with Gasteiger partial charge in [0.25, 0.3) is 0 Å². The van der Waals surface area contributed by atoms with Crippen LogP contribution in [0.15, 0.2) is 15.0 Å². The predicted octanol–water partition coefficient (Wildman–Crippen LogP) is 0.102. The van der Waals surface area contributed by atoms with E-state index in [9.17, 15) is 19.2 Å². The number of rotatable bonds is 9. The van der Waals surface area contributed by atoms with Crippen LogP contribution in [0.3, 0.4) is 0 Å². The van der Waals surface area contributed by atoms with Gasteiger partial charge in [0.1, 0.15) is 12.6 Å². The summed E-state index contributed by atoms with van der Waals surface area (Å²) in [4.78, 5) is 50.9. The molecule has 0 N–H and O–H groups in total. The molecule has 0 saturated carbocycles. The molecule has 17 heavy (non-hydrogen) atoms. The highest BCUT2D eigenvalue weighted by molar-refractivity contribution is 5.87. The fourth-order valence-electron chi connectivity index (χ4n) is 1.15. The molecule has 1 unspecified atom stereocenters. The lowest BCUT2D eigenvalue weighted by molar-refractivity contribution is -0.119. The van der Waals surface area contributed by atoms with Gasteiger partial charge in [-0.2, -0.15) is 9.98 Å². The van der Waals surface area contributed by atoms with Gasteiger partial charge >= 0.3 is 0 Å². The van der Waals surface area contributed by atoms with Gasteiger partial charge in [-0.3, -0.25) is 4.79 Å². The Morgan fingerprint density at radius 2 is 1.71 bits per heavy atom. The molecule has 0 heterocycles. The molecule has 7 nitrogen and oxygen atoms in total. The number of aliphatic imine (C=N–C) groups is 3. The van der Waals surface area contributed by atoms with E-state index in [1.54, 1.807) is 0 Å². The van der Waals surface area contributed by atoms with Gasteiger partial charge in [0, 0.05) is 0 Å². The van der Waals surface area contributed by atoms with E-state index < -0.39 is 11.8 Å². The quantitative estimate of drug-likeness (QED) is 0.322. The maximum atomic E-state index is 11.4. The van der Waals surface area contributed by atoms with Crippen molar-refractivity contribution in [1.82, 2.24) is 0 Å². The summed E-state index contributed by atoms with van der Waals surface area (Å²) in [7, 11) is 0. The molecule has 0 fully saturated rings. The number of hydrogen-bond acceptors (Lipinski definition) is 7. The van der Waals surface area contributed by atoms with Gasteiger partial charge in [0.05, 0.1) is 6.54 Å². The molecule has 0 amide bonds. The van der Waals surface area contributed by atoms with Gasteiger partial charge in [-0.25, -0.2) is 19.4 Å². The maximum absolute atomic E-state index is 11.4. The molecular formula is C10H11N3O4. The highest BCUT2D eigenvalue weighted by Crippen LogP contribution is 2.06. The molecule has 0 spiro atoms. The zero-order valence-electron chi connectivity index (χ0n) is 9.09. The first-order valence-corrected chi connectivity index (χ1v) is 4.93. The zero-order valence-corrected chi connectivity index (χ0v) is 9.09. The van der Waals surface area contributed by atoms with Gasteiger partial charge in [0.2, 0.25) is 18.2 Å². The summed E-state index contributed by atoms with van der Waals surface area (Å²) >= 11 is 0. The van der Waals surface area contributed by atoms with Gasteiger partial charge < -0.3 is 0 Å². The minimum Gasteiger partial charge on any atom is -0.295 e. The van der Waals surface area contributed by atoms with Crippen molar-refractivity contribution >= 4 is 24.0 Å². The summed E-state index contributed by atoms with van der Waals surface area (Å²) in [6, 6.07) is -0.843. The van der Waals surface area contributed by atoms with Crippen LogP contribution in [0.4, 0.5) is 0 Å². The molecule has 0 aromatic rings. The number of nitrogens with zero attached hydrogens (tertiary/aromatic N) is 3. The average Bonchev–Trinajstić information content (AvgIpc) is 2.34. The average molecular weight is 237 g/mol. The van der Waals surface area contributed by atoms with E-state index in [2.05, 4.69) is 15.0 Å². The van der Waals surface area contributed by atoms with Crippen molar-refractivity contribution in [2.75, 3.05) is 13.1 Å². The molecule has 7 heteroatoms. The van der Waals surface area contributed by atoms with Crippen LogP contribution in [0.25, 0.3) is 0 Å². The summed E-state index contributed by atoms with van der Waals surface area (Å²) < 4.78 is 0. The van der Waals surface area contributed by atoms with E-state index in [4.69, 9.17) is 0 Å². The molecule has 0 aromatic heterocycles. The van der Waals surface area contributed by atoms with E-state index in [1.807, 2.05) is 0 Å². The fourth-order valence-corrected chi connectivity index (χ4v) is 1.15. The Hall–Kier alpha value is -2.19. The molecule has 0 rings (SSSR count). The van der Waals surface area contributed by atoms with Crippen molar-refractivity contribution in [3.8, 4) is 0 Å². The van der Waals surface area contributed by atoms with Crippen LogP contribution in [-0.4, -0.2) is 43.2 Å². The highest BCUT2D eigenvalue weighted by Gasteiger charge is 2.16. The lowest BCUT2D eigenvalue weighted by Gasteiger charge is -2.06. The third-order valence-electron chi connectivity index (χ3n) is 1.94.